The van der Waals surface area contributed by atoms with Gasteiger partial charge in [0.05, 0.1) is 23.8 Å². The Morgan fingerprint density at radius 3 is 2.74 bits per heavy atom. The summed E-state index contributed by atoms with van der Waals surface area (Å²) in [6.45, 7) is 6.06. The van der Waals surface area contributed by atoms with E-state index < -0.39 is 4.92 Å². The van der Waals surface area contributed by atoms with Crippen LogP contribution in [0, 0.1) is 17.0 Å². The van der Waals surface area contributed by atoms with Crippen LogP contribution in [0.25, 0.3) is 17.1 Å². The molecule has 3 heterocycles. The van der Waals surface area contributed by atoms with Crippen LogP contribution in [0.5, 0.6) is 0 Å². The molecule has 10 heteroatoms. The maximum atomic E-state index is 13.0. The van der Waals surface area contributed by atoms with Gasteiger partial charge in [0, 0.05) is 44.4 Å². The Balaban J connectivity index is 1.60. The number of morpholine rings is 1. The van der Waals surface area contributed by atoms with Gasteiger partial charge >= 0.3 is 0 Å². The summed E-state index contributed by atoms with van der Waals surface area (Å²) >= 11 is 0. The summed E-state index contributed by atoms with van der Waals surface area (Å²) in [5.74, 6) is 0.919. The SMILES string of the molecule is Cc1ccc(-c2cc(C(=O)NCCN3CCOCC3)n(-c3cccc([N+](=O)[O-])c3)n2)o1. The van der Waals surface area contributed by atoms with Crippen LogP contribution in [0.1, 0.15) is 16.2 Å². The first-order valence-electron chi connectivity index (χ1n) is 10.0. The molecule has 0 unspecified atom stereocenters. The first-order chi connectivity index (χ1) is 15.0. The maximum absolute atomic E-state index is 13.0. The molecule has 0 spiro atoms. The first kappa shape index (κ1) is 20.8. The van der Waals surface area contributed by atoms with Gasteiger partial charge in [-0.2, -0.15) is 5.10 Å². The number of nitro groups is 1. The van der Waals surface area contributed by atoms with E-state index in [4.69, 9.17) is 9.15 Å². The molecule has 1 aliphatic heterocycles. The van der Waals surface area contributed by atoms with Crippen molar-refractivity contribution in [2.24, 2.45) is 0 Å². The van der Waals surface area contributed by atoms with Crippen molar-refractivity contribution in [2.45, 2.75) is 6.92 Å². The lowest BCUT2D eigenvalue weighted by molar-refractivity contribution is -0.384. The van der Waals surface area contributed by atoms with E-state index in [1.807, 2.05) is 13.0 Å². The average Bonchev–Trinajstić information content (AvgIpc) is 3.41. The highest BCUT2D eigenvalue weighted by molar-refractivity contribution is 5.94. The standard InChI is InChI=1S/C21H23N5O5/c1-15-5-6-20(31-15)18-14-19(21(27)22-7-8-24-9-11-30-12-10-24)25(23-18)16-3-2-4-17(13-16)26(28)29/h2-6,13-14H,7-12H2,1H3,(H,22,27). The molecule has 0 bridgehead atoms. The molecule has 1 aliphatic rings. The van der Waals surface area contributed by atoms with Crippen molar-refractivity contribution in [3.05, 3.63) is 64.0 Å². The first-order valence-corrected chi connectivity index (χ1v) is 10.0. The topological polar surface area (TPSA) is 116 Å². The van der Waals surface area contributed by atoms with E-state index in [2.05, 4.69) is 15.3 Å². The van der Waals surface area contributed by atoms with Crippen molar-refractivity contribution in [1.29, 1.82) is 0 Å². The van der Waals surface area contributed by atoms with Crippen molar-refractivity contribution in [1.82, 2.24) is 20.0 Å². The second-order valence-corrected chi connectivity index (χ2v) is 7.22. The number of carbonyl (C=O) groups excluding carboxylic acids is 1. The minimum absolute atomic E-state index is 0.0814. The highest BCUT2D eigenvalue weighted by Gasteiger charge is 2.20. The molecule has 1 N–H and O–H groups in total. The highest BCUT2D eigenvalue weighted by Crippen LogP contribution is 2.25. The van der Waals surface area contributed by atoms with E-state index in [0.29, 0.717) is 43.4 Å². The average molecular weight is 425 g/mol. The molecule has 2 aromatic heterocycles. The lowest BCUT2D eigenvalue weighted by Crippen LogP contribution is -2.41. The molecular formula is C21H23N5O5. The smallest absolute Gasteiger partial charge is 0.271 e. The van der Waals surface area contributed by atoms with Gasteiger partial charge < -0.3 is 14.5 Å². The number of benzene rings is 1. The van der Waals surface area contributed by atoms with Crippen molar-refractivity contribution >= 4 is 11.6 Å². The van der Waals surface area contributed by atoms with Crippen LogP contribution in [0.3, 0.4) is 0 Å². The zero-order valence-electron chi connectivity index (χ0n) is 17.1. The third-order valence-corrected chi connectivity index (χ3v) is 5.04. The second kappa shape index (κ2) is 9.11. The third kappa shape index (κ3) is 4.81. The van der Waals surface area contributed by atoms with Crippen molar-refractivity contribution in [3.63, 3.8) is 0 Å². The van der Waals surface area contributed by atoms with Gasteiger partial charge in [-0.1, -0.05) is 6.07 Å². The van der Waals surface area contributed by atoms with E-state index in [1.54, 1.807) is 24.3 Å². The van der Waals surface area contributed by atoms with Crippen LogP contribution in [0.15, 0.2) is 46.9 Å². The molecule has 31 heavy (non-hydrogen) atoms. The van der Waals surface area contributed by atoms with Crippen molar-refractivity contribution < 1.29 is 18.9 Å². The molecule has 4 rings (SSSR count). The number of non-ortho nitro benzene ring substituents is 1. The number of rotatable bonds is 7. The number of carbonyl (C=O) groups is 1. The van der Waals surface area contributed by atoms with Crippen molar-refractivity contribution in [3.8, 4) is 17.1 Å². The van der Waals surface area contributed by atoms with E-state index in [-0.39, 0.29) is 17.3 Å². The minimum Gasteiger partial charge on any atom is -0.460 e. The van der Waals surface area contributed by atoms with Gasteiger partial charge in [0.2, 0.25) is 0 Å². The summed E-state index contributed by atoms with van der Waals surface area (Å²) in [6.07, 6.45) is 0. The maximum Gasteiger partial charge on any atom is 0.271 e. The number of hydrogen-bond acceptors (Lipinski definition) is 7. The van der Waals surface area contributed by atoms with Gasteiger partial charge in [-0.25, -0.2) is 4.68 Å². The predicted molar refractivity (Wildman–Crippen MR) is 112 cm³/mol. The molecule has 0 radical (unpaired) electrons. The molecule has 0 atom stereocenters. The zero-order valence-corrected chi connectivity index (χ0v) is 17.1. The van der Waals surface area contributed by atoms with Crippen LogP contribution >= 0.6 is 0 Å². The van der Waals surface area contributed by atoms with E-state index in [1.165, 1.54) is 16.8 Å². The Bertz CT molecular complexity index is 1080. The fourth-order valence-electron chi connectivity index (χ4n) is 3.41. The van der Waals surface area contributed by atoms with E-state index in [9.17, 15) is 14.9 Å². The number of aryl methyl sites for hydroxylation is 1. The molecule has 1 fully saturated rings. The lowest BCUT2D eigenvalue weighted by Gasteiger charge is -2.26. The number of nitrogens with one attached hydrogen (secondary N) is 1. The van der Waals surface area contributed by atoms with Crippen molar-refractivity contribution in [2.75, 3.05) is 39.4 Å². The number of aromatic nitrogens is 2. The highest BCUT2D eigenvalue weighted by atomic mass is 16.6. The Labute approximate surface area is 178 Å². The Morgan fingerprint density at radius 1 is 1.23 bits per heavy atom. The second-order valence-electron chi connectivity index (χ2n) is 7.22. The number of hydrogen-bond donors (Lipinski definition) is 1. The molecular weight excluding hydrogens is 402 g/mol. The van der Waals surface area contributed by atoms with Gasteiger partial charge in [-0.3, -0.25) is 19.8 Å². The fourth-order valence-corrected chi connectivity index (χ4v) is 3.41. The van der Waals surface area contributed by atoms with Gasteiger partial charge in [0.25, 0.3) is 11.6 Å². The number of amides is 1. The molecule has 3 aromatic rings. The summed E-state index contributed by atoms with van der Waals surface area (Å²) in [5.41, 5.74) is 1.08. The van der Waals surface area contributed by atoms with Gasteiger partial charge in [-0.05, 0) is 25.1 Å². The third-order valence-electron chi connectivity index (χ3n) is 5.04. The minimum atomic E-state index is -0.480. The normalized spacial score (nSPS) is 14.5. The lowest BCUT2D eigenvalue weighted by atomic mass is 10.2. The Kier molecular flexibility index (Phi) is 6.10. The molecule has 0 saturated carbocycles. The van der Waals surface area contributed by atoms with Crippen LogP contribution in [-0.4, -0.2) is 64.9 Å². The van der Waals surface area contributed by atoms with Crippen LogP contribution in [-0.2, 0) is 4.74 Å². The Morgan fingerprint density at radius 2 is 2.03 bits per heavy atom. The quantitative estimate of drug-likeness (QED) is 0.456. The fraction of sp³-hybridized carbons (Fsp3) is 0.333. The van der Waals surface area contributed by atoms with Gasteiger partial charge in [-0.15, -0.1) is 0 Å². The number of furan rings is 1. The summed E-state index contributed by atoms with van der Waals surface area (Å²) in [7, 11) is 0. The number of nitrogens with zero attached hydrogens (tertiary/aromatic N) is 4. The molecule has 1 amide bonds. The summed E-state index contributed by atoms with van der Waals surface area (Å²) in [4.78, 5) is 25.9. The van der Waals surface area contributed by atoms with E-state index in [0.717, 1.165) is 18.8 Å². The monoisotopic (exact) mass is 425 g/mol. The number of nitro benzene ring substituents is 1. The summed E-state index contributed by atoms with van der Waals surface area (Å²) in [6, 6.07) is 11.2. The molecule has 162 valence electrons. The van der Waals surface area contributed by atoms with E-state index >= 15 is 0 Å². The summed E-state index contributed by atoms with van der Waals surface area (Å²) in [5, 5.41) is 18.6. The largest absolute Gasteiger partial charge is 0.460 e. The Hall–Kier alpha value is -3.50. The predicted octanol–water partition coefficient (Wildman–Crippen LogP) is 2.41. The summed E-state index contributed by atoms with van der Waals surface area (Å²) < 4.78 is 12.4. The van der Waals surface area contributed by atoms with Crippen LogP contribution in [0.2, 0.25) is 0 Å². The van der Waals surface area contributed by atoms with Gasteiger partial charge in [0.1, 0.15) is 17.1 Å². The molecule has 1 aromatic carbocycles. The molecule has 1 saturated heterocycles. The molecule has 0 aliphatic carbocycles. The van der Waals surface area contributed by atoms with Crippen LogP contribution in [0.4, 0.5) is 5.69 Å². The van der Waals surface area contributed by atoms with Gasteiger partial charge in [0.15, 0.2) is 5.76 Å². The number of ether oxygens (including phenoxy) is 1. The molecule has 10 nitrogen and oxygen atoms in total. The zero-order chi connectivity index (χ0) is 21.8. The van der Waals surface area contributed by atoms with Crippen LogP contribution < -0.4 is 5.32 Å².